The smallest absolute Gasteiger partial charge is 0.265 e. The Bertz CT molecular complexity index is 1220. The normalized spacial score (nSPS) is 14.9. The standard InChI is InChI=1S/C24H23N3O5S/c1-4-31-20-8-5-15(11-21(20)30-3)6-10-22(28)27-24-26-18(13-33-24)16-7-9-19-17(12-16)25-23(29)14(2)32-19/h5-14H,4H2,1-3H3,(H,25,29)(H,26,27,28)/b10-6+. The van der Waals surface area contributed by atoms with Crippen LogP contribution in [0.2, 0.25) is 0 Å². The van der Waals surface area contributed by atoms with Crippen LogP contribution in [0, 0.1) is 0 Å². The topological polar surface area (TPSA) is 98.8 Å². The molecule has 2 aromatic carbocycles. The van der Waals surface area contributed by atoms with Gasteiger partial charge in [-0.25, -0.2) is 4.98 Å². The highest BCUT2D eigenvalue weighted by atomic mass is 32.1. The van der Waals surface area contributed by atoms with Crippen molar-refractivity contribution in [1.82, 2.24) is 4.98 Å². The van der Waals surface area contributed by atoms with E-state index in [0.717, 1.165) is 11.1 Å². The zero-order chi connectivity index (χ0) is 23.4. The first-order valence-electron chi connectivity index (χ1n) is 10.3. The molecule has 33 heavy (non-hydrogen) atoms. The highest BCUT2D eigenvalue weighted by Gasteiger charge is 2.23. The third kappa shape index (κ3) is 5.15. The van der Waals surface area contributed by atoms with E-state index in [1.807, 2.05) is 24.4 Å². The lowest BCUT2D eigenvalue weighted by atomic mass is 10.1. The summed E-state index contributed by atoms with van der Waals surface area (Å²) < 4.78 is 16.4. The second-order valence-electron chi connectivity index (χ2n) is 7.16. The first-order valence-corrected chi connectivity index (χ1v) is 11.2. The van der Waals surface area contributed by atoms with Gasteiger partial charge in [0.2, 0.25) is 5.91 Å². The maximum atomic E-state index is 12.4. The van der Waals surface area contributed by atoms with Crippen LogP contribution in [0.15, 0.2) is 47.9 Å². The highest BCUT2D eigenvalue weighted by Crippen LogP contribution is 2.35. The third-order valence-corrected chi connectivity index (χ3v) is 5.61. The largest absolute Gasteiger partial charge is 0.493 e. The molecular weight excluding hydrogens is 442 g/mol. The van der Waals surface area contributed by atoms with Gasteiger partial charge in [-0.2, -0.15) is 0 Å². The number of carbonyl (C=O) groups excluding carboxylic acids is 2. The fraction of sp³-hybridized carbons (Fsp3) is 0.208. The predicted molar refractivity (Wildman–Crippen MR) is 128 cm³/mol. The summed E-state index contributed by atoms with van der Waals surface area (Å²) in [4.78, 5) is 28.7. The number of amides is 2. The number of fused-ring (bicyclic) bond motifs is 1. The van der Waals surface area contributed by atoms with Gasteiger partial charge in [0.1, 0.15) is 5.75 Å². The number of benzene rings is 2. The van der Waals surface area contributed by atoms with Gasteiger partial charge in [-0.15, -0.1) is 11.3 Å². The van der Waals surface area contributed by atoms with E-state index in [1.165, 1.54) is 17.4 Å². The molecule has 0 saturated heterocycles. The summed E-state index contributed by atoms with van der Waals surface area (Å²) in [6, 6.07) is 10.9. The van der Waals surface area contributed by atoms with E-state index >= 15 is 0 Å². The van der Waals surface area contributed by atoms with Crippen molar-refractivity contribution in [2.75, 3.05) is 24.4 Å². The summed E-state index contributed by atoms with van der Waals surface area (Å²) in [7, 11) is 1.57. The minimum Gasteiger partial charge on any atom is -0.493 e. The fourth-order valence-corrected chi connectivity index (χ4v) is 3.94. The van der Waals surface area contributed by atoms with Gasteiger partial charge < -0.3 is 19.5 Å². The number of aromatic nitrogens is 1. The molecule has 2 amide bonds. The SMILES string of the molecule is CCOc1ccc(/C=C/C(=O)Nc2nc(-c3ccc4c(c3)NC(=O)C(C)O4)cs2)cc1OC. The molecule has 0 aliphatic carbocycles. The number of anilines is 2. The van der Waals surface area contributed by atoms with Crippen LogP contribution < -0.4 is 24.8 Å². The number of ether oxygens (including phenoxy) is 3. The quantitative estimate of drug-likeness (QED) is 0.495. The maximum absolute atomic E-state index is 12.4. The average Bonchev–Trinajstić information content (AvgIpc) is 3.27. The lowest BCUT2D eigenvalue weighted by Gasteiger charge is -2.23. The van der Waals surface area contributed by atoms with Gasteiger partial charge in [-0.05, 0) is 55.8 Å². The summed E-state index contributed by atoms with van der Waals surface area (Å²) in [5, 5.41) is 7.90. The zero-order valence-electron chi connectivity index (χ0n) is 18.4. The Morgan fingerprint density at radius 2 is 2.12 bits per heavy atom. The van der Waals surface area contributed by atoms with Gasteiger partial charge in [0.25, 0.3) is 5.91 Å². The number of hydrogen-bond acceptors (Lipinski definition) is 7. The van der Waals surface area contributed by atoms with Crippen molar-refractivity contribution in [3.05, 3.63) is 53.4 Å². The van der Waals surface area contributed by atoms with Crippen molar-refractivity contribution in [3.63, 3.8) is 0 Å². The molecule has 3 aromatic rings. The first-order chi connectivity index (χ1) is 16.0. The van der Waals surface area contributed by atoms with Crippen LogP contribution in [0.1, 0.15) is 19.4 Å². The highest BCUT2D eigenvalue weighted by molar-refractivity contribution is 7.14. The molecule has 1 aliphatic heterocycles. The van der Waals surface area contributed by atoms with E-state index in [9.17, 15) is 9.59 Å². The zero-order valence-corrected chi connectivity index (χ0v) is 19.2. The van der Waals surface area contributed by atoms with E-state index in [2.05, 4.69) is 15.6 Å². The molecule has 0 saturated carbocycles. The predicted octanol–water partition coefficient (Wildman–Crippen LogP) is 4.59. The van der Waals surface area contributed by atoms with Gasteiger partial charge in [-0.1, -0.05) is 6.07 Å². The van der Waals surface area contributed by atoms with Crippen LogP contribution in [0.25, 0.3) is 17.3 Å². The lowest BCUT2D eigenvalue weighted by molar-refractivity contribution is -0.122. The molecule has 1 atom stereocenters. The van der Waals surface area contributed by atoms with Gasteiger partial charge in [0.05, 0.1) is 25.1 Å². The molecule has 0 fully saturated rings. The molecule has 2 heterocycles. The number of carbonyl (C=O) groups is 2. The minimum absolute atomic E-state index is 0.192. The Balaban J connectivity index is 1.42. The average molecular weight is 466 g/mol. The number of nitrogens with one attached hydrogen (secondary N) is 2. The van der Waals surface area contributed by atoms with Crippen LogP contribution in [-0.4, -0.2) is 36.6 Å². The molecule has 0 radical (unpaired) electrons. The summed E-state index contributed by atoms with van der Waals surface area (Å²) in [5.74, 6) is 1.38. The second-order valence-corrected chi connectivity index (χ2v) is 8.02. The van der Waals surface area contributed by atoms with E-state index < -0.39 is 6.10 Å². The molecule has 2 N–H and O–H groups in total. The number of rotatable bonds is 7. The van der Waals surface area contributed by atoms with Crippen LogP contribution in [-0.2, 0) is 9.59 Å². The van der Waals surface area contributed by atoms with Crippen molar-refractivity contribution < 1.29 is 23.8 Å². The molecule has 1 unspecified atom stereocenters. The molecule has 0 bridgehead atoms. The van der Waals surface area contributed by atoms with Gasteiger partial charge in [0.15, 0.2) is 22.7 Å². The number of thiazole rings is 1. The van der Waals surface area contributed by atoms with E-state index in [0.29, 0.717) is 40.4 Å². The summed E-state index contributed by atoms with van der Waals surface area (Å²) >= 11 is 1.31. The Hall–Kier alpha value is -3.85. The van der Waals surface area contributed by atoms with Crippen molar-refractivity contribution in [3.8, 4) is 28.5 Å². The minimum atomic E-state index is -0.527. The van der Waals surface area contributed by atoms with Crippen LogP contribution in [0.5, 0.6) is 17.2 Å². The van der Waals surface area contributed by atoms with E-state index in [-0.39, 0.29) is 11.8 Å². The van der Waals surface area contributed by atoms with Crippen LogP contribution >= 0.6 is 11.3 Å². The van der Waals surface area contributed by atoms with Crippen molar-refractivity contribution in [2.24, 2.45) is 0 Å². The lowest BCUT2D eigenvalue weighted by Crippen LogP contribution is -2.34. The Kier molecular flexibility index (Phi) is 6.60. The van der Waals surface area contributed by atoms with Gasteiger partial charge in [-0.3, -0.25) is 14.9 Å². The Morgan fingerprint density at radius 3 is 2.91 bits per heavy atom. The third-order valence-electron chi connectivity index (χ3n) is 4.86. The van der Waals surface area contributed by atoms with E-state index in [4.69, 9.17) is 14.2 Å². The summed E-state index contributed by atoms with van der Waals surface area (Å²) in [6.45, 7) is 4.14. The molecule has 0 spiro atoms. The monoisotopic (exact) mass is 465 g/mol. The molecule has 170 valence electrons. The van der Waals surface area contributed by atoms with Crippen molar-refractivity contribution in [1.29, 1.82) is 0 Å². The summed E-state index contributed by atoms with van der Waals surface area (Å²) in [5.41, 5.74) is 2.90. The molecule has 1 aromatic heterocycles. The van der Waals surface area contributed by atoms with E-state index in [1.54, 1.807) is 44.4 Å². The molecule has 4 rings (SSSR count). The van der Waals surface area contributed by atoms with Crippen molar-refractivity contribution >= 4 is 40.0 Å². The molecular formula is C24H23N3O5S. The van der Waals surface area contributed by atoms with Crippen molar-refractivity contribution in [2.45, 2.75) is 20.0 Å². The second kappa shape index (κ2) is 9.74. The van der Waals surface area contributed by atoms with Crippen LogP contribution in [0.4, 0.5) is 10.8 Å². The number of nitrogens with zero attached hydrogens (tertiary/aromatic N) is 1. The number of hydrogen-bond donors (Lipinski definition) is 2. The number of methoxy groups -OCH3 is 1. The van der Waals surface area contributed by atoms with Gasteiger partial charge >= 0.3 is 0 Å². The Labute approximate surface area is 195 Å². The molecule has 1 aliphatic rings. The first kappa shape index (κ1) is 22.3. The fourth-order valence-electron chi connectivity index (χ4n) is 3.21. The van der Waals surface area contributed by atoms with Gasteiger partial charge in [0, 0.05) is 17.0 Å². The Morgan fingerprint density at radius 1 is 1.27 bits per heavy atom. The molecule has 9 heteroatoms. The maximum Gasteiger partial charge on any atom is 0.265 e. The molecule has 8 nitrogen and oxygen atoms in total. The van der Waals surface area contributed by atoms with Crippen LogP contribution in [0.3, 0.4) is 0 Å². The summed E-state index contributed by atoms with van der Waals surface area (Å²) in [6.07, 6.45) is 2.60.